The lowest BCUT2D eigenvalue weighted by molar-refractivity contribution is 1.18. The third-order valence-corrected chi connectivity index (χ3v) is 9.90. The Morgan fingerprint density at radius 1 is 0.417 bits per heavy atom. The van der Waals surface area contributed by atoms with Gasteiger partial charge in [0.05, 0.1) is 39.4 Å². The van der Waals surface area contributed by atoms with Crippen LogP contribution in [0.4, 0.5) is 0 Å². The van der Waals surface area contributed by atoms with Crippen LogP contribution in [0.5, 0.6) is 0 Å². The van der Waals surface area contributed by atoms with E-state index in [-0.39, 0.29) is 0 Å². The molecule has 0 saturated carbocycles. The van der Waals surface area contributed by atoms with Crippen molar-refractivity contribution in [1.29, 1.82) is 5.26 Å². The van der Waals surface area contributed by atoms with Crippen molar-refractivity contribution in [3.05, 3.63) is 169 Å². The normalized spacial score (nSPS) is 11.7. The highest BCUT2D eigenvalue weighted by Gasteiger charge is 2.20. The fraction of sp³-hybridized carbons (Fsp3) is 0. The summed E-state index contributed by atoms with van der Waals surface area (Å²) in [5.74, 6) is 0. The van der Waals surface area contributed by atoms with Crippen LogP contribution in [0.15, 0.2) is 164 Å². The molecule has 8 aromatic carbocycles. The van der Waals surface area contributed by atoms with E-state index in [1.165, 1.54) is 49.2 Å². The number of fused-ring (bicyclic) bond motifs is 9. The summed E-state index contributed by atoms with van der Waals surface area (Å²) in [5.41, 5.74) is 10.0. The van der Waals surface area contributed by atoms with E-state index in [2.05, 4.69) is 167 Å². The second-order valence-electron chi connectivity index (χ2n) is 12.5. The van der Waals surface area contributed by atoms with Gasteiger partial charge in [-0.25, -0.2) is 0 Å². The van der Waals surface area contributed by atoms with E-state index in [1.807, 2.05) is 12.1 Å². The molecular weight excluding hydrogens is 583 g/mol. The first-order valence-electron chi connectivity index (χ1n) is 16.3. The topological polar surface area (TPSA) is 33.6 Å². The molecule has 2 aromatic heterocycles. The quantitative estimate of drug-likeness (QED) is 0.183. The van der Waals surface area contributed by atoms with Crippen molar-refractivity contribution in [3.63, 3.8) is 0 Å². The van der Waals surface area contributed by atoms with Crippen LogP contribution in [0.1, 0.15) is 5.56 Å². The third-order valence-electron chi connectivity index (χ3n) is 9.90. The Balaban J connectivity index is 1.33. The number of para-hydroxylation sites is 4. The van der Waals surface area contributed by atoms with Crippen LogP contribution in [0, 0.1) is 11.3 Å². The predicted molar refractivity (Wildman–Crippen MR) is 200 cm³/mol. The van der Waals surface area contributed by atoms with Gasteiger partial charge in [0.1, 0.15) is 0 Å². The number of aromatic nitrogens is 2. The Labute approximate surface area is 276 Å². The van der Waals surface area contributed by atoms with Gasteiger partial charge >= 0.3 is 0 Å². The molecule has 48 heavy (non-hydrogen) atoms. The van der Waals surface area contributed by atoms with E-state index in [1.54, 1.807) is 0 Å². The van der Waals surface area contributed by atoms with Crippen molar-refractivity contribution < 1.29 is 0 Å². The van der Waals surface area contributed by atoms with Crippen LogP contribution in [-0.4, -0.2) is 9.13 Å². The van der Waals surface area contributed by atoms with Crippen LogP contribution in [-0.2, 0) is 0 Å². The Bertz CT molecular complexity index is 2950. The van der Waals surface area contributed by atoms with Crippen LogP contribution in [0.3, 0.4) is 0 Å². The Morgan fingerprint density at radius 2 is 1.06 bits per heavy atom. The molecule has 0 saturated heterocycles. The average Bonchev–Trinajstić information content (AvgIpc) is 3.67. The van der Waals surface area contributed by atoms with Gasteiger partial charge in [-0.15, -0.1) is 0 Å². The molecular formula is C45H27N3. The van der Waals surface area contributed by atoms with Gasteiger partial charge in [0.25, 0.3) is 0 Å². The number of hydrogen-bond donors (Lipinski definition) is 0. The zero-order valence-electron chi connectivity index (χ0n) is 25.9. The third kappa shape index (κ3) is 3.75. The first-order chi connectivity index (χ1) is 23.8. The van der Waals surface area contributed by atoms with E-state index in [0.29, 0.717) is 5.56 Å². The molecule has 0 spiro atoms. The molecule has 0 aliphatic carbocycles. The van der Waals surface area contributed by atoms with E-state index < -0.39 is 0 Å². The van der Waals surface area contributed by atoms with Crippen LogP contribution >= 0.6 is 0 Å². The van der Waals surface area contributed by atoms with Crippen molar-refractivity contribution in [3.8, 4) is 28.6 Å². The number of nitrogens with zero attached hydrogens (tertiary/aromatic N) is 3. The highest BCUT2D eigenvalue weighted by atomic mass is 15.0. The SMILES string of the molecule is N#Cc1ccc2cc(-n3c4ccccc4c4cccc(-c5ccc6c7ccccc7n(-c7ccccc7)c6c5)c43)c3ccccc3c2c1. The zero-order valence-corrected chi connectivity index (χ0v) is 25.9. The van der Waals surface area contributed by atoms with Gasteiger partial charge in [0.15, 0.2) is 0 Å². The highest BCUT2D eigenvalue weighted by molar-refractivity contribution is 6.18. The summed E-state index contributed by atoms with van der Waals surface area (Å²) < 4.78 is 4.84. The Kier molecular flexibility index (Phi) is 5.64. The summed E-state index contributed by atoms with van der Waals surface area (Å²) >= 11 is 0. The molecule has 0 atom stereocenters. The van der Waals surface area contributed by atoms with E-state index >= 15 is 0 Å². The monoisotopic (exact) mass is 609 g/mol. The van der Waals surface area contributed by atoms with Gasteiger partial charge in [0.2, 0.25) is 0 Å². The fourth-order valence-corrected chi connectivity index (χ4v) is 7.83. The number of hydrogen-bond acceptors (Lipinski definition) is 1. The van der Waals surface area contributed by atoms with Crippen LogP contribution in [0.25, 0.3) is 87.7 Å². The average molecular weight is 610 g/mol. The zero-order chi connectivity index (χ0) is 31.8. The maximum atomic E-state index is 9.68. The van der Waals surface area contributed by atoms with Gasteiger partial charge in [-0.05, 0) is 70.3 Å². The number of benzene rings is 8. The van der Waals surface area contributed by atoms with E-state index in [0.717, 1.165) is 38.4 Å². The molecule has 0 radical (unpaired) electrons. The smallest absolute Gasteiger partial charge is 0.0991 e. The molecule has 10 rings (SSSR count). The van der Waals surface area contributed by atoms with Crippen molar-refractivity contribution in [1.82, 2.24) is 9.13 Å². The van der Waals surface area contributed by atoms with E-state index in [9.17, 15) is 5.26 Å². The standard InChI is InChI=1S/C45H27N3/c46-28-29-21-22-31-27-44(35-14-5-4-13-34(35)40(31)25-29)48-42-20-9-7-16-37(42)39-18-10-17-33(45(39)48)30-23-24-38-36-15-6-8-19-41(36)47(43(38)26-30)32-11-2-1-3-12-32/h1-27H. The highest BCUT2D eigenvalue weighted by Crippen LogP contribution is 2.42. The molecule has 2 heterocycles. The van der Waals surface area contributed by atoms with Crippen molar-refractivity contribution in [2.75, 3.05) is 0 Å². The van der Waals surface area contributed by atoms with Gasteiger partial charge in [0, 0.05) is 38.2 Å². The van der Waals surface area contributed by atoms with Crippen molar-refractivity contribution >= 4 is 65.2 Å². The molecule has 0 unspecified atom stereocenters. The van der Waals surface area contributed by atoms with Crippen LogP contribution in [0.2, 0.25) is 0 Å². The van der Waals surface area contributed by atoms with Crippen molar-refractivity contribution in [2.24, 2.45) is 0 Å². The predicted octanol–water partition coefficient (Wildman–Crippen LogP) is 11.7. The summed E-state index contributed by atoms with van der Waals surface area (Å²) in [6, 6.07) is 60.9. The van der Waals surface area contributed by atoms with Gasteiger partial charge < -0.3 is 9.13 Å². The first kappa shape index (κ1) is 26.6. The summed E-state index contributed by atoms with van der Waals surface area (Å²) in [6.07, 6.45) is 0. The molecule has 0 fully saturated rings. The van der Waals surface area contributed by atoms with Crippen LogP contribution < -0.4 is 0 Å². The minimum Gasteiger partial charge on any atom is -0.309 e. The summed E-state index contributed by atoms with van der Waals surface area (Å²) in [6.45, 7) is 0. The fourth-order valence-electron chi connectivity index (χ4n) is 7.83. The molecule has 3 nitrogen and oxygen atoms in total. The maximum Gasteiger partial charge on any atom is 0.0991 e. The molecule has 10 aromatic rings. The molecule has 3 heteroatoms. The number of nitriles is 1. The summed E-state index contributed by atoms with van der Waals surface area (Å²) in [5, 5.41) is 19.1. The largest absolute Gasteiger partial charge is 0.309 e. The molecule has 0 amide bonds. The van der Waals surface area contributed by atoms with E-state index in [4.69, 9.17) is 0 Å². The van der Waals surface area contributed by atoms with Crippen molar-refractivity contribution in [2.45, 2.75) is 0 Å². The second kappa shape index (κ2) is 10.2. The summed E-state index contributed by atoms with van der Waals surface area (Å²) in [7, 11) is 0. The minimum atomic E-state index is 0.669. The minimum absolute atomic E-state index is 0.669. The maximum absolute atomic E-state index is 9.68. The molecule has 0 bridgehead atoms. The van der Waals surface area contributed by atoms with Gasteiger partial charge in [-0.2, -0.15) is 5.26 Å². The lowest BCUT2D eigenvalue weighted by Gasteiger charge is -2.16. The van der Waals surface area contributed by atoms with Gasteiger partial charge in [-0.3, -0.25) is 0 Å². The Hall–Kier alpha value is -6.63. The molecule has 0 N–H and O–H groups in total. The number of rotatable bonds is 3. The molecule has 0 aliphatic rings. The lowest BCUT2D eigenvalue weighted by atomic mass is 9.98. The summed E-state index contributed by atoms with van der Waals surface area (Å²) in [4.78, 5) is 0. The molecule has 222 valence electrons. The second-order valence-corrected chi connectivity index (χ2v) is 12.5. The van der Waals surface area contributed by atoms with Gasteiger partial charge in [-0.1, -0.05) is 115 Å². The first-order valence-corrected chi connectivity index (χ1v) is 16.3. The Morgan fingerprint density at radius 3 is 1.85 bits per heavy atom. The lowest BCUT2D eigenvalue weighted by Crippen LogP contribution is -1.98. The molecule has 0 aliphatic heterocycles.